The lowest BCUT2D eigenvalue weighted by atomic mass is 10.1. The predicted molar refractivity (Wildman–Crippen MR) is 77.9 cm³/mol. The van der Waals surface area contributed by atoms with Gasteiger partial charge in [0.1, 0.15) is 11.6 Å². The van der Waals surface area contributed by atoms with Gasteiger partial charge in [-0.25, -0.2) is 8.78 Å². The highest BCUT2D eigenvalue weighted by Gasteiger charge is 2.13. The van der Waals surface area contributed by atoms with Crippen LogP contribution in [0.4, 0.5) is 8.78 Å². The minimum absolute atomic E-state index is 0.0551. The van der Waals surface area contributed by atoms with E-state index in [-0.39, 0.29) is 27.0 Å². The van der Waals surface area contributed by atoms with Crippen molar-refractivity contribution in [3.63, 3.8) is 0 Å². The molecule has 0 aliphatic heterocycles. The van der Waals surface area contributed by atoms with Crippen LogP contribution < -0.4 is 0 Å². The van der Waals surface area contributed by atoms with Crippen LogP contribution in [-0.2, 0) is 0 Å². The number of hydrogen-bond donors (Lipinski definition) is 0. The van der Waals surface area contributed by atoms with E-state index in [2.05, 4.69) is 0 Å². The molecule has 0 atom stereocenters. The van der Waals surface area contributed by atoms with Crippen molar-refractivity contribution in [2.45, 2.75) is 4.90 Å². The Kier molecular flexibility index (Phi) is 5.02. The Labute approximate surface area is 128 Å². The highest BCUT2D eigenvalue weighted by Crippen LogP contribution is 2.26. The van der Waals surface area contributed by atoms with Gasteiger partial charge in [0.15, 0.2) is 5.78 Å². The van der Waals surface area contributed by atoms with E-state index in [1.807, 2.05) is 0 Å². The molecule has 1 nitrogen and oxygen atoms in total. The molecule has 0 saturated carbocycles. The number of ketones is 1. The van der Waals surface area contributed by atoms with Crippen LogP contribution >= 0.6 is 35.0 Å². The Morgan fingerprint density at radius 1 is 1.10 bits per heavy atom. The van der Waals surface area contributed by atoms with Crippen molar-refractivity contribution >= 4 is 40.7 Å². The molecule has 0 aromatic heterocycles. The third-order valence-corrected chi connectivity index (χ3v) is 4.08. The maximum Gasteiger partial charge on any atom is 0.174 e. The van der Waals surface area contributed by atoms with E-state index in [1.165, 1.54) is 12.1 Å². The first kappa shape index (κ1) is 15.3. The van der Waals surface area contributed by atoms with Gasteiger partial charge < -0.3 is 0 Å². The Hall–Kier alpha value is -1.10. The van der Waals surface area contributed by atoms with E-state index < -0.39 is 11.6 Å². The molecule has 0 fully saturated rings. The van der Waals surface area contributed by atoms with Gasteiger partial charge in [0.05, 0.1) is 10.8 Å². The smallest absolute Gasteiger partial charge is 0.174 e. The van der Waals surface area contributed by atoms with Crippen LogP contribution in [0.15, 0.2) is 41.3 Å². The zero-order valence-electron chi connectivity index (χ0n) is 10.00. The highest BCUT2D eigenvalue weighted by molar-refractivity contribution is 8.00. The lowest BCUT2D eigenvalue weighted by Gasteiger charge is -2.05. The lowest BCUT2D eigenvalue weighted by molar-refractivity contribution is 0.102. The van der Waals surface area contributed by atoms with Crippen LogP contribution in [0.1, 0.15) is 10.4 Å². The molecule has 0 aliphatic carbocycles. The van der Waals surface area contributed by atoms with Gasteiger partial charge in [-0.15, -0.1) is 11.8 Å². The van der Waals surface area contributed by atoms with Crippen molar-refractivity contribution in [3.8, 4) is 0 Å². The summed E-state index contributed by atoms with van der Waals surface area (Å²) in [7, 11) is 0. The Morgan fingerprint density at radius 3 is 2.60 bits per heavy atom. The summed E-state index contributed by atoms with van der Waals surface area (Å²) in [5, 5.41) is 0.666. The van der Waals surface area contributed by atoms with Crippen LogP contribution in [0.5, 0.6) is 0 Å². The molecule has 0 aliphatic rings. The SMILES string of the molecule is O=C(CSc1cc(F)ccc1F)c1cc(Cl)ccc1Cl. The fourth-order valence-corrected chi connectivity index (χ4v) is 2.76. The number of hydrogen-bond acceptors (Lipinski definition) is 2. The molecule has 2 aromatic carbocycles. The van der Waals surface area contributed by atoms with Crippen molar-refractivity contribution in [1.82, 2.24) is 0 Å². The molecular weight excluding hydrogens is 325 g/mol. The van der Waals surface area contributed by atoms with Gasteiger partial charge in [0.2, 0.25) is 0 Å². The number of halogens is 4. The lowest BCUT2D eigenvalue weighted by Crippen LogP contribution is -2.03. The van der Waals surface area contributed by atoms with E-state index in [4.69, 9.17) is 23.2 Å². The summed E-state index contributed by atoms with van der Waals surface area (Å²) < 4.78 is 26.4. The number of thioether (sulfide) groups is 1. The van der Waals surface area contributed by atoms with Crippen molar-refractivity contribution < 1.29 is 13.6 Å². The average molecular weight is 333 g/mol. The standard InChI is InChI=1S/C14H8Cl2F2OS/c15-8-1-3-11(16)10(5-8)13(19)7-20-14-6-9(17)2-4-12(14)18/h1-6H,7H2. The molecule has 6 heteroatoms. The van der Waals surface area contributed by atoms with E-state index in [0.29, 0.717) is 5.02 Å². The summed E-state index contributed by atoms with van der Waals surface area (Å²) in [5.41, 5.74) is 0.267. The van der Waals surface area contributed by atoms with Gasteiger partial charge >= 0.3 is 0 Å². The highest BCUT2D eigenvalue weighted by atomic mass is 35.5. The number of benzene rings is 2. The fourth-order valence-electron chi connectivity index (χ4n) is 1.52. The van der Waals surface area contributed by atoms with Gasteiger partial charge in [-0.2, -0.15) is 0 Å². The predicted octanol–water partition coefficient (Wildman–Crippen LogP) is 5.25. The zero-order chi connectivity index (χ0) is 14.7. The van der Waals surface area contributed by atoms with E-state index >= 15 is 0 Å². The topological polar surface area (TPSA) is 17.1 Å². The molecule has 0 N–H and O–H groups in total. The molecule has 0 unspecified atom stereocenters. The Morgan fingerprint density at radius 2 is 1.85 bits per heavy atom. The number of Topliss-reactive ketones (excluding diaryl/α,β-unsaturated/α-hetero) is 1. The van der Waals surface area contributed by atoms with Crippen LogP contribution in [0, 0.1) is 11.6 Å². The van der Waals surface area contributed by atoms with Crippen molar-refractivity contribution in [3.05, 3.63) is 63.6 Å². The molecular formula is C14H8Cl2F2OS. The van der Waals surface area contributed by atoms with Gasteiger partial charge in [0, 0.05) is 15.5 Å². The Balaban J connectivity index is 2.12. The first-order valence-corrected chi connectivity index (χ1v) is 7.27. The molecule has 0 heterocycles. The third kappa shape index (κ3) is 3.72. The Bertz CT molecular complexity index is 662. The molecule has 0 saturated heterocycles. The maximum absolute atomic E-state index is 13.4. The maximum atomic E-state index is 13.4. The van der Waals surface area contributed by atoms with E-state index in [9.17, 15) is 13.6 Å². The fraction of sp³-hybridized carbons (Fsp3) is 0.0714. The summed E-state index contributed by atoms with van der Waals surface area (Å²) in [6, 6.07) is 7.63. The summed E-state index contributed by atoms with van der Waals surface area (Å²) in [5.74, 6) is -1.48. The normalized spacial score (nSPS) is 10.6. The van der Waals surface area contributed by atoms with Gasteiger partial charge in [0.25, 0.3) is 0 Å². The second-order valence-corrected chi connectivity index (χ2v) is 5.77. The summed E-state index contributed by atoms with van der Waals surface area (Å²) in [6.07, 6.45) is 0. The van der Waals surface area contributed by atoms with Crippen molar-refractivity contribution in [1.29, 1.82) is 0 Å². The quantitative estimate of drug-likeness (QED) is 0.562. The number of carbonyl (C=O) groups excluding carboxylic acids is 1. The minimum atomic E-state index is -0.568. The third-order valence-electron chi connectivity index (χ3n) is 2.48. The number of carbonyl (C=O) groups is 1. The summed E-state index contributed by atoms with van der Waals surface area (Å²) in [4.78, 5) is 12.1. The first-order chi connectivity index (χ1) is 9.47. The summed E-state index contributed by atoms with van der Waals surface area (Å²) in [6.45, 7) is 0. The van der Waals surface area contributed by atoms with Gasteiger partial charge in [-0.3, -0.25) is 4.79 Å². The van der Waals surface area contributed by atoms with Crippen molar-refractivity contribution in [2.75, 3.05) is 5.75 Å². The van der Waals surface area contributed by atoms with Gasteiger partial charge in [-0.1, -0.05) is 23.2 Å². The molecule has 2 rings (SSSR count). The molecule has 0 radical (unpaired) electrons. The monoisotopic (exact) mass is 332 g/mol. The molecule has 104 valence electrons. The summed E-state index contributed by atoms with van der Waals surface area (Å²) >= 11 is 12.6. The second-order valence-electron chi connectivity index (χ2n) is 3.91. The number of rotatable bonds is 4. The first-order valence-electron chi connectivity index (χ1n) is 5.53. The minimum Gasteiger partial charge on any atom is -0.293 e. The zero-order valence-corrected chi connectivity index (χ0v) is 12.3. The molecule has 20 heavy (non-hydrogen) atoms. The molecule has 0 spiro atoms. The van der Waals surface area contributed by atoms with Crippen LogP contribution in [0.25, 0.3) is 0 Å². The van der Waals surface area contributed by atoms with Crippen LogP contribution in [0.2, 0.25) is 10.0 Å². The van der Waals surface area contributed by atoms with Gasteiger partial charge in [-0.05, 0) is 36.4 Å². The molecule has 0 amide bonds. The van der Waals surface area contributed by atoms with Crippen LogP contribution in [-0.4, -0.2) is 11.5 Å². The average Bonchev–Trinajstić information content (AvgIpc) is 2.42. The second kappa shape index (κ2) is 6.57. The van der Waals surface area contributed by atoms with E-state index in [0.717, 1.165) is 30.0 Å². The van der Waals surface area contributed by atoms with Crippen molar-refractivity contribution in [2.24, 2.45) is 0 Å². The van der Waals surface area contributed by atoms with E-state index in [1.54, 1.807) is 6.07 Å². The van der Waals surface area contributed by atoms with Crippen LogP contribution in [0.3, 0.4) is 0 Å². The molecule has 2 aromatic rings. The largest absolute Gasteiger partial charge is 0.293 e. The molecule has 0 bridgehead atoms.